The number of nitrogens with one attached hydrogen (secondary N) is 1. The van der Waals surface area contributed by atoms with Crippen molar-refractivity contribution >= 4 is 28.3 Å². The Morgan fingerprint density at radius 3 is 2.02 bits per heavy atom. The maximum atomic E-state index is 5.19. The molecule has 1 aromatic heterocycles. The molecular weight excluding hydrogens is 560 g/mol. The SMILES string of the molecule is C1=CC2C3N=C4N=C(N=c5[n-]c(c6ccccc56)=NC5NC(=NC([N-]3)C2C=C1)c1ccccc15)c1ccccc14.[Cu+]. The largest absolute Gasteiger partial charge is 1.00 e. The number of aliphatic imine (C=N–C) groups is 3. The molecule has 8 nitrogen and oxygen atoms in total. The van der Waals surface area contributed by atoms with Gasteiger partial charge >= 0.3 is 17.1 Å². The van der Waals surface area contributed by atoms with Crippen molar-refractivity contribution in [3.8, 4) is 0 Å². The van der Waals surface area contributed by atoms with Gasteiger partial charge in [-0.3, -0.25) is 9.98 Å². The van der Waals surface area contributed by atoms with Gasteiger partial charge in [0.2, 0.25) is 0 Å². The summed E-state index contributed by atoms with van der Waals surface area (Å²) in [5.74, 6) is 2.26. The van der Waals surface area contributed by atoms with Crippen molar-refractivity contribution in [3.05, 3.63) is 136 Å². The van der Waals surface area contributed by atoms with Gasteiger partial charge in [0.15, 0.2) is 5.84 Å². The van der Waals surface area contributed by atoms with E-state index in [1.807, 2.05) is 60.7 Å². The summed E-state index contributed by atoms with van der Waals surface area (Å²) in [6, 6.07) is 24.4. The van der Waals surface area contributed by atoms with Crippen LogP contribution in [0.5, 0.6) is 0 Å². The van der Waals surface area contributed by atoms with Gasteiger partial charge in [-0.1, -0.05) is 97.1 Å². The molecule has 9 heteroatoms. The molecule has 5 aliphatic rings. The van der Waals surface area contributed by atoms with Crippen LogP contribution in [0.2, 0.25) is 0 Å². The standard InChI is InChI=1S/C32H22N8.Cu/c1-2-10-18-17(9-1)25-33-26(18)38-28-21-13-5-6-14-22(21)30(35-28)40-32-24-16-8-7-15-23(24)31(36-32)39-29-20-12-4-3-11-19(20)27(34-29)37-25;/h1-18,25-26,29H,(H-,34,35,36,37,38,39,40);/q-2;+1. The van der Waals surface area contributed by atoms with E-state index in [1.54, 1.807) is 0 Å². The van der Waals surface area contributed by atoms with Crippen LogP contribution in [-0.4, -0.2) is 29.8 Å². The van der Waals surface area contributed by atoms with E-state index in [4.69, 9.17) is 35.3 Å². The van der Waals surface area contributed by atoms with Gasteiger partial charge in [-0.05, 0) is 40.5 Å². The van der Waals surface area contributed by atoms with Crippen LogP contribution < -0.4 is 21.3 Å². The van der Waals surface area contributed by atoms with Crippen molar-refractivity contribution in [2.45, 2.75) is 18.5 Å². The third kappa shape index (κ3) is 3.74. The number of rotatable bonds is 0. The molecule has 0 amide bonds. The molecule has 0 radical (unpaired) electrons. The fraction of sp³-hybridized carbons (Fsp3) is 0.156. The van der Waals surface area contributed by atoms with Gasteiger partial charge in [0, 0.05) is 27.7 Å². The zero-order valence-electron chi connectivity index (χ0n) is 21.6. The maximum Gasteiger partial charge on any atom is 1.00 e. The van der Waals surface area contributed by atoms with Gasteiger partial charge in [0.1, 0.15) is 5.84 Å². The molecule has 5 atom stereocenters. The molecule has 4 aliphatic heterocycles. The number of nitrogens with zero attached hydrogens (tertiary/aromatic N) is 7. The molecule has 5 unspecified atom stereocenters. The molecule has 1 saturated heterocycles. The maximum absolute atomic E-state index is 5.19. The molecule has 4 aromatic rings. The minimum atomic E-state index is -0.321. The molecule has 5 heterocycles. The van der Waals surface area contributed by atoms with E-state index in [-0.39, 0.29) is 47.4 Å². The first-order chi connectivity index (χ1) is 19.8. The van der Waals surface area contributed by atoms with Gasteiger partial charge in [-0.15, -0.1) is 0 Å². The molecule has 1 N–H and O–H groups in total. The molecule has 9 rings (SSSR count). The quantitative estimate of drug-likeness (QED) is 0.320. The molecule has 0 saturated carbocycles. The first-order valence-corrected chi connectivity index (χ1v) is 13.5. The third-order valence-electron chi connectivity index (χ3n) is 8.22. The van der Waals surface area contributed by atoms with Gasteiger partial charge in [0.25, 0.3) is 0 Å². The average molecular weight is 582 g/mol. The van der Waals surface area contributed by atoms with E-state index in [0.29, 0.717) is 22.6 Å². The monoisotopic (exact) mass is 581 g/mol. The molecule has 1 fully saturated rings. The summed E-state index contributed by atoms with van der Waals surface area (Å²) < 4.78 is 0. The fourth-order valence-electron chi connectivity index (χ4n) is 6.31. The Hall–Kier alpha value is -4.43. The van der Waals surface area contributed by atoms with Crippen LogP contribution in [0.4, 0.5) is 0 Å². The zero-order valence-corrected chi connectivity index (χ0v) is 22.5. The van der Waals surface area contributed by atoms with Crippen LogP contribution in [0.15, 0.2) is 122 Å². The van der Waals surface area contributed by atoms with E-state index >= 15 is 0 Å². The van der Waals surface area contributed by atoms with Crippen molar-refractivity contribution in [2.24, 2.45) is 36.8 Å². The van der Waals surface area contributed by atoms with E-state index in [9.17, 15) is 0 Å². The average Bonchev–Trinajstić information content (AvgIpc) is 3.73. The number of amidine groups is 3. The molecule has 3 aromatic carbocycles. The predicted octanol–water partition coefficient (Wildman–Crippen LogP) is 3.70. The smallest absolute Gasteiger partial charge is 0.618 e. The van der Waals surface area contributed by atoms with Crippen molar-refractivity contribution in [1.29, 1.82) is 0 Å². The number of hydrogen-bond donors (Lipinski definition) is 1. The minimum absolute atomic E-state index is 0. The Labute approximate surface area is 246 Å². The van der Waals surface area contributed by atoms with Crippen molar-refractivity contribution in [3.63, 3.8) is 0 Å². The van der Waals surface area contributed by atoms with Crippen molar-refractivity contribution in [1.82, 2.24) is 10.3 Å². The van der Waals surface area contributed by atoms with E-state index in [2.05, 4.69) is 41.8 Å². The first-order valence-electron chi connectivity index (χ1n) is 13.5. The Morgan fingerprint density at radius 2 is 1.24 bits per heavy atom. The van der Waals surface area contributed by atoms with Crippen LogP contribution in [0.25, 0.3) is 16.1 Å². The van der Waals surface area contributed by atoms with Crippen molar-refractivity contribution < 1.29 is 17.1 Å². The van der Waals surface area contributed by atoms with Crippen LogP contribution in [0.3, 0.4) is 0 Å². The minimum Gasteiger partial charge on any atom is -0.618 e. The molecule has 202 valence electrons. The fourth-order valence-corrected chi connectivity index (χ4v) is 6.31. The summed E-state index contributed by atoms with van der Waals surface area (Å²) in [6.07, 6.45) is 7.66. The van der Waals surface area contributed by atoms with Gasteiger partial charge < -0.3 is 25.6 Å². The third-order valence-corrected chi connectivity index (χ3v) is 8.22. The molecular formula is C32H22CuN8-. The van der Waals surface area contributed by atoms with E-state index < -0.39 is 0 Å². The Kier molecular flexibility index (Phi) is 5.53. The predicted molar refractivity (Wildman–Crippen MR) is 154 cm³/mol. The molecule has 8 bridgehead atoms. The zero-order chi connectivity index (χ0) is 26.2. The second-order valence-electron chi connectivity index (χ2n) is 10.5. The molecule has 0 spiro atoms. The summed E-state index contributed by atoms with van der Waals surface area (Å²) in [6.45, 7) is 0. The normalized spacial score (nSPS) is 26.3. The van der Waals surface area contributed by atoms with Crippen LogP contribution in [-0.2, 0) is 17.1 Å². The second kappa shape index (κ2) is 9.31. The van der Waals surface area contributed by atoms with Gasteiger partial charge in [-0.2, -0.15) is 0 Å². The summed E-state index contributed by atoms with van der Waals surface area (Å²) in [4.78, 5) is 30.3. The Morgan fingerprint density at radius 1 is 0.610 bits per heavy atom. The van der Waals surface area contributed by atoms with E-state index in [1.165, 1.54) is 0 Å². The van der Waals surface area contributed by atoms with Crippen LogP contribution >= 0.6 is 0 Å². The Bertz CT molecular complexity index is 2020. The number of hydrogen-bond acceptors (Lipinski definition) is 6. The topological polar surface area (TPSA) is 102 Å². The van der Waals surface area contributed by atoms with Gasteiger partial charge in [0.05, 0.1) is 12.0 Å². The van der Waals surface area contributed by atoms with Crippen LogP contribution in [0.1, 0.15) is 28.4 Å². The van der Waals surface area contributed by atoms with Gasteiger partial charge in [-0.25, -0.2) is 4.99 Å². The number of aromatic nitrogens is 1. The van der Waals surface area contributed by atoms with Crippen molar-refractivity contribution in [2.75, 3.05) is 0 Å². The summed E-state index contributed by atoms with van der Waals surface area (Å²) in [7, 11) is 0. The second-order valence-corrected chi connectivity index (χ2v) is 10.5. The van der Waals surface area contributed by atoms with E-state index in [0.717, 1.165) is 38.9 Å². The summed E-state index contributed by atoms with van der Waals surface area (Å²) >= 11 is 0. The molecule has 1 aliphatic carbocycles. The van der Waals surface area contributed by atoms with Crippen LogP contribution in [0, 0.1) is 11.8 Å². The number of benzene rings is 3. The Balaban J connectivity index is 0.00000256. The molecule has 41 heavy (non-hydrogen) atoms. The first kappa shape index (κ1) is 24.4. The number of allylic oxidation sites excluding steroid dienone is 2. The summed E-state index contributed by atoms with van der Waals surface area (Å²) in [5.41, 5.74) is 5.24. The summed E-state index contributed by atoms with van der Waals surface area (Å²) in [5, 5.41) is 10.6. The number of fused-ring (bicyclic) bond motifs is 19.